The Kier molecular flexibility index (Phi) is 6.30. The normalized spacial score (nSPS) is 16.5. The average Bonchev–Trinajstić information content (AvgIpc) is 3.21. The van der Waals surface area contributed by atoms with Crippen molar-refractivity contribution in [2.45, 2.75) is 19.9 Å². The molecule has 1 saturated heterocycles. The van der Waals surface area contributed by atoms with Gasteiger partial charge in [0.25, 0.3) is 11.6 Å². The van der Waals surface area contributed by atoms with Crippen molar-refractivity contribution < 1.29 is 24.0 Å². The van der Waals surface area contributed by atoms with Crippen LogP contribution in [0.25, 0.3) is 17.4 Å². The summed E-state index contributed by atoms with van der Waals surface area (Å²) < 4.78 is 5.81. The van der Waals surface area contributed by atoms with E-state index in [0.29, 0.717) is 0 Å². The molecule has 1 aromatic carbocycles. The van der Waals surface area contributed by atoms with E-state index in [2.05, 4.69) is 0 Å². The topological polar surface area (TPSA) is 114 Å². The molecule has 0 aliphatic carbocycles. The first-order chi connectivity index (χ1) is 14.1. The van der Waals surface area contributed by atoms with E-state index >= 15 is 0 Å². The van der Waals surface area contributed by atoms with E-state index in [1.54, 1.807) is 19.9 Å². The largest absolute Gasteiger partial charge is 0.480 e. The number of hydrogen-bond acceptors (Lipinski definition) is 7. The van der Waals surface area contributed by atoms with E-state index in [0.717, 1.165) is 16.7 Å². The van der Waals surface area contributed by atoms with Crippen molar-refractivity contribution in [2.75, 3.05) is 0 Å². The Bertz CT molecular complexity index is 1090. The molecule has 0 bridgehead atoms. The van der Waals surface area contributed by atoms with Gasteiger partial charge in [-0.1, -0.05) is 49.4 Å². The van der Waals surface area contributed by atoms with Crippen LogP contribution >= 0.6 is 35.6 Å². The zero-order valence-corrected chi connectivity index (χ0v) is 18.1. The molecule has 1 amide bonds. The fourth-order valence-corrected chi connectivity index (χ4v) is 4.46. The van der Waals surface area contributed by atoms with Crippen LogP contribution in [0.3, 0.4) is 0 Å². The molecule has 0 spiro atoms. The van der Waals surface area contributed by atoms with Crippen LogP contribution in [0.15, 0.2) is 39.7 Å². The second kappa shape index (κ2) is 8.58. The molecule has 8 nitrogen and oxygen atoms in total. The summed E-state index contributed by atoms with van der Waals surface area (Å²) in [7, 11) is 0. The number of hydrogen-bond donors (Lipinski definition) is 1. The van der Waals surface area contributed by atoms with Crippen LogP contribution in [-0.2, 0) is 9.59 Å². The van der Waals surface area contributed by atoms with Gasteiger partial charge in [-0.15, -0.1) is 0 Å². The number of carboxylic acid groups (broad SMARTS) is 1. The fourth-order valence-electron chi connectivity index (χ4n) is 2.98. The monoisotopic (exact) mass is 466 g/mol. The van der Waals surface area contributed by atoms with E-state index in [9.17, 15) is 24.8 Å². The van der Waals surface area contributed by atoms with Gasteiger partial charge in [-0.05, 0) is 30.2 Å². The number of carbonyl (C=O) groups excluding carboxylic acids is 1. The molecular weight excluding hydrogens is 452 g/mol. The molecule has 2 aromatic rings. The first-order valence-corrected chi connectivity index (χ1v) is 10.2. The van der Waals surface area contributed by atoms with Crippen LogP contribution in [0.5, 0.6) is 0 Å². The van der Waals surface area contributed by atoms with Crippen LogP contribution in [0, 0.1) is 16.0 Å². The zero-order chi connectivity index (χ0) is 22.2. The van der Waals surface area contributed by atoms with E-state index in [1.165, 1.54) is 30.3 Å². The number of thiocarbonyl (C=S) groups is 1. The number of carbonyl (C=O) groups is 2. The smallest absolute Gasteiger partial charge is 0.327 e. The van der Waals surface area contributed by atoms with E-state index in [1.807, 2.05) is 0 Å². The molecule has 2 heterocycles. The molecule has 1 N–H and O–H groups in total. The van der Waals surface area contributed by atoms with Gasteiger partial charge in [0.1, 0.15) is 21.9 Å². The molecule has 1 atom stereocenters. The van der Waals surface area contributed by atoms with Crippen LogP contribution < -0.4 is 0 Å². The number of nitro groups is 1. The summed E-state index contributed by atoms with van der Waals surface area (Å²) in [6.07, 6.45) is 1.43. The van der Waals surface area contributed by atoms with Gasteiger partial charge in [0.2, 0.25) is 0 Å². The quantitative estimate of drug-likeness (QED) is 0.279. The molecule has 30 heavy (non-hydrogen) atoms. The highest BCUT2D eigenvalue weighted by atomic mass is 35.5. The van der Waals surface area contributed by atoms with Crippen molar-refractivity contribution in [3.63, 3.8) is 0 Å². The summed E-state index contributed by atoms with van der Waals surface area (Å²) in [6, 6.07) is 6.22. The minimum atomic E-state index is -1.14. The lowest BCUT2D eigenvalue weighted by Gasteiger charge is -2.26. The van der Waals surface area contributed by atoms with Crippen molar-refractivity contribution in [1.29, 1.82) is 0 Å². The van der Waals surface area contributed by atoms with E-state index in [-0.39, 0.29) is 42.9 Å². The molecule has 1 aliphatic rings. The number of halogens is 1. The molecule has 0 radical (unpaired) electrons. The second-order valence-corrected chi connectivity index (χ2v) is 8.81. The molecular formula is C19H15ClN2O6S2. The third-order valence-electron chi connectivity index (χ3n) is 4.31. The van der Waals surface area contributed by atoms with Crippen molar-refractivity contribution in [3.8, 4) is 11.3 Å². The summed E-state index contributed by atoms with van der Waals surface area (Å²) in [5.41, 5.74) is 0.0262. The Labute approximate surface area is 185 Å². The molecule has 1 unspecified atom stereocenters. The maximum absolute atomic E-state index is 12.8. The summed E-state index contributed by atoms with van der Waals surface area (Å²) >= 11 is 12.0. The van der Waals surface area contributed by atoms with Crippen molar-refractivity contribution in [1.82, 2.24) is 4.90 Å². The number of aliphatic carboxylic acids is 1. The molecule has 1 aromatic heterocycles. The van der Waals surface area contributed by atoms with Gasteiger partial charge in [0.15, 0.2) is 0 Å². The molecule has 1 fully saturated rings. The predicted octanol–water partition coefficient (Wildman–Crippen LogP) is 4.82. The van der Waals surface area contributed by atoms with E-state index in [4.69, 9.17) is 28.2 Å². The van der Waals surface area contributed by atoms with Crippen molar-refractivity contribution in [2.24, 2.45) is 5.92 Å². The van der Waals surface area contributed by atoms with Crippen LogP contribution in [0.2, 0.25) is 5.02 Å². The van der Waals surface area contributed by atoms with Gasteiger partial charge in [-0.3, -0.25) is 19.8 Å². The SMILES string of the molecule is CC(C)C(C(=O)O)N1C(=O)C(=Cc2ccc(-c3ccc(Cl)cc3[N+](=O)[O-])o2)SC1=S. The molecule has 0 saturated carbocycles. The molecule has 156 valence electrons. The van der Waals surface area contributed by atoms with Gasteiger partial charge < -0.3 is 9.52 Å². The maximum atomic E-state index is 12.8. The highest BCUT2D eigenvalue weighted by molar-refractivity contribution is 8.26. The number of furan rings is 1. The number of nitro benzene ring substituents is 1. The third kappa shape index (κ3) is 4.25. The molecule has 3 rings (SSSR count). The minimum Gasteiger partial charge on any atom is -0.480 e. The van der Waals surface area contributed by atoms with Crippen LogP contribution in [-0.4, -0.2) is 37.2 Å². The number of rotatable bonds is 6. The Morgan fingerprint density at radius 1 is 1.37 bits per heavy atom. The zero-order valence-electron chi connectivity index (χ0n) is 15.7. The first kappa shape index (κ1) is 22.0. The first-order valence-electron chi connectivity index (χ1n) is 8.64. The van der Waals surface area contributed by atoms with Gasteiger partial charge in [-0.2, -0.15) is 0 Å². The lowest BCUT2D eigenvalue weighted by Crippen LogP contribution is -2.47. The summed E-state index contributed by atoms with van der Waals surface area (Å²) in [5, 5.41) is 21.0. The van der Waals surface area contributed by atoms with Crippen molar-refractivity contribution >= 4 is 63.5 Å². The Balaban J connectivity index is 1.93. The average molecular weight is 467 g/mol. The lowest BCUT2D eigenvalue weighted by atomic mass is 10.0. The second-order valence-electron chi connectivity index (χ2n) is 6.70. The number of benzene rings is 1. The number of thioether (sulfide) groups is 1. The minimum absolute atomic E-state index is 0.146. The predicted molar refractivity (Wildman–Crippen MR) is 117 cm³/mol. The Morgan fingerprint density at radius 2 is 2.07 bits per heavy atom. The Morgan fingerprint density at radius 3 is 2.67 bits per heavy atom. The van der Waals surface area contributed by atoms with E-state index < -0.39 is 22.8 Å². The Hall–Kier alpha value is -2.69. The fraction of sp³-hybridized carbons (Fsp3) is 0.211. The maximum Gasteiger partial charge on any atom is 0.327 e. The van der Waals surface area contributed by atoms with Gasteiger partial charge in [0.05, 0.1) is 15.4 Å². The highest BCUT2D eigenvalue weighted by Gasteiger charge is 2.42. The number of nitrogens with zero attached hydrogens (tertiary/aromatic N) is 2. The molecule has 1 aliphatic heterocycles. The van der Waals surface area contributed by atoms with Crippen molar-refractivity contribution in [3.05, 3.63) is 56.1 Å². The number of carboxylic acids is 1. The molecule has 11 heteroatoms. The lowest BCUT2D eigenvalue weighted by molar-refractivity contribution is -0.384. The third-order valence-corrected chi connectivity index (χ3v) is 5.87. The summed E-state index contributed by atoms with van der Waals surface area (Å²) in [4.78, 5) is 36.4. The van der Waals surface area contributed by atoms with Gasteiger partial charge >= 0.3 is 5.97 Å². The summed E-state index contributed by atoms with van der Waals surface area (Å²) in [5.74, 6) is -1.51. The highest BCUT2D eigenvalue weighted by Crippen LogP contribution is 2.37. The van der Waals surface area contributed by atoms with Crippen LogP contribution in [0.1, 0.15) is 19.6 Å². The van der Waals surface area contributed by atoms with Crippen LogP contribution in [0.4, 0.5) is 5.69 Å². The summed E-state index contributed by atoms with van der Waals surface area (Å²) in [6.45, 7) is 3.39. The number of amides is 1. The standard InChI is InChI=1S/C19H15ClN2O6S2/c1-9(2)16(18(24)25)21-17(23)15(30-19(21)29)8-11-4-6-14(28-11)12-5-3-10(20)7-13(12)22(26)27/h3-9,16H,1-2H3,(H,24,25). The van der Waals surface area contributed by atoms with Gasteiger partial charge in [-0.25, -0.2) is 4.79 Å². The van der Waals surface area contributed by atoms with Gasteiger partial charge in [0, 0.05) is 17.2 Å².